The number of carbonyl (C=O) groups excluding carboxylic acids is 1. The molecule has 0 bridgehead atoms. The van der Waals surface area contributed by atoms with Gasteiger partial charge in [-0.15, -0.1) is 0 Å². The van der Waals surface area contributed by atoms with Gasteiger partial charge in [-0.3, -0.25) is 9.79 Å². The third-order valence-corrected chi connectivity index (χ3v) is 4.46. The SMILES string of the molecule is O=C1CC(c2cccc(Cl)c2)CC(O)=C1C=Nc1ccc(Cl)cc1. The molecule has 0 heterocycles. The maximum Gasteiger partial charge on any atom is 0.168 e. The van der Waals surface area contributed by atoms with Crippen molar-refractivity contribution >= 4 is 40.9 Å². The Kier molecular flexibility index (Phi) is 5.03. The van der Waals surface area contributed by atoms with E-state index in [-0.39, 0.29) is 23.0 Å². The molecule has 0 amide bonds. The molecule has 3 nitrogen and oxygen atoms in total. The second kappa shape index (κ2) is 7.20. The van der Waals surface area contributed by atoms with E-state index < -0.39 is 0 Å². The second-order valence-corrected chi connectivity index (χ2v) is 6.55. The molecule has 1 atom stereocenters. The van der Waals surface area contributed by atoms with Gasteiger partial charge in [0.1, 0.15) is 5.76 Å². The van der Waals surface area contributed by atoms with E-state index in [9.17, 15) is 9.90 Å². The van der Waals surface area contributed by atoms with Gasteiger partial charge in [-0.1, -0.05) is 35.3 Å². The lowest BCUT2D eigenvalue weighted by Crippen LogP contribution is -2.19. The Hall–Kier alpha value is -2.10. The van der Waals surface area contributed by atoms with E-state index >= 15 is 0 Å². The minimum Gasteiger partial charge on any atom is -0.511 e. The highest BCUT2D eigenvalue weighted by atomic mass is 35.5. The number of hydrogen-bond donors (Lipinski definition) is 1. The first kappa shape index (κ1) is 16.7. The number of rotatable bonds is 3. The molecular weight excluding hydrogens is 345 g/mol. The number of aliphatic imine (C=N–C) groups is 1. The van der Waals surface area contributed by atoms with Gasteiger partial charge in [0.05, 0.1) is 11.3 Å². The summed E-state index contributed by atoms with van der Waals surface area (Å²) in [4.78, 5) is 16.6. The number of benzene rings is 2. The molecule has 0 fully saturated rings. The number of aliphatic hydroxyl groups excluding tert-OH is 1. The molecule has 122 valence electrons. The lowest BCUT2D eigenvalue weighted by atomic mass is 9.83. The van der Waals surface area contributed by atoms with E-state index in [0.717, 1.165) is 5.56 Å². The normalized spacial score (nSPS) is 18.4. The third kappa shape index (κ3) is 3.86. The molecule has 1 aliphatic carbocycles. The Bertz CT molecular complexity index is 826. The van der Waals surface area contributed by atoms with Gasteiger partial charge < -0.3 is 5.11 Å². The van der Waals surface area contributed by atoms with Crippen molar-refractivity contribution in [2.75, 3.05) is 0 Å². The zero-order valence-corrected chi connectivity index (χ0v) is 14.3. The first-order valence-corrected chi connectivity index (χ1v) is 8.29. The first-order valence-electron chi connectivity index (χ1n) is 7.53. The highest BCUT2D eigenvalue weighted by Crippen LogP contribution is 2.34. The Morgan fingerprint density at radius 2 is 1.79 bits per heavy atom. The van der Waals surface area contributed by atoms with E-state index in [1.807, 2.05) is 18.2 Å². The molecule has 0 saturated carbocycles. The maximum absolute atomic E-state index is 12.4. The fourth-order valence-corrected chi connectivity index (χ4v) is 3.04. The summed E-state index contributed by atoms with van der Waals surface area (Å²) in [5, 5.41) is 11.5. The summed E-state index contributed by atoms with van der Waals surface area (Å²) < 4.78 is 0. The van der Waals surface area contributed by atoms with Crippen molar-refractivity contribution < 1.29 is 9.90 Å². The van der Waals surface area contributed by atoms with Crippen LogP contribution in [0.3, 0.4) is 0 Å². The highest BCUT2D eigenvalue weighted by molar-refractivity contribution is 6.31. The van der Waals surface area contributed by atoms with Crippen LogP contribution in [0, 0.1) is 0 Å². The van der Waals surface area contributed by atoms with Crippen molar-refractivity contribution in [2.24, 2.45) is 4.99 Å². The van der Waals surface area contributed by atoms with Gasteiger partial charge in [-0.2, -0.15) is 0 Å². The molecule has 2 aromatic rings. The highest BCUT2D eigenvalue weighted by Gasteiger charge is 2.27. The molecule has 1 unspecified atom stereocenters. The van der Waals surface area contributed by atoms with Crippen molar-refractivity contribution in [3.8, 4) is 0 Å². The minimum atomic E-state index is -0.124. The van der Waals surface area contributed by atoms with Crippen LogP contribution in [0.5, 0.6) is 0 Å². The number of allylic oxidation sites excluding steroid dienone is 2. The number of halogens is 2. The molecule has 5 heteroatoms. The topological polar surface area (TPSA) is 49.7 Å². The molecule has 2 aromatic carbocycles. The fraction of sp³-hybridized carbons (Fsp3) is 0.158. The molecule has 1 N–H and O–H groups in total. The van der Waals surface area contributed by atoms with E-state index in [1.54, 1.807) is 30.3 Å². The smallest absolute Gasteiger partial charge is 0.168 e. The number of ketones is 1. The van der Waals surface area contributed by atoms with Crippen molar-refractivity contribution in [3.05, 3.63) is 75.5 Å². The monoisotopic (exact) mass is 359 g/mol. The van der Waals surface area contributed by atoms with Crippen LogP contribution >= 0.6 is 23.2 Å². The van der Waals surface area contributed by atoms with E-state index in [1.165, 1.54) is 6.21 Å². The molecule has 0 saturated heterocycles. The van der Waals surface area contributed by atoms with Gasteiger partial charge in [0.2, 0.25) is 0 Å². The lowest BCUT2D eigenvalue weighted by molar-refractivity contribution is -0.116. The number of aliphatic hydroxyl groups is 1. The predicted molar refractivity (Wildman–Crippen MR) is 97.7 cm³/mol. The van der Waals surface area contributed by atoms with Crippen LogP contribution < -0.4 is 0 Å². The minimum absolute atomic E-state index is 0.0638. The van der Waals surface area contributed by atoms with Crippen LogP contribution in [0.1, 0.15) is 24.3 Å². The maximum atomic E-state index is 12.4. The molecule has 0 spiro atoms. The zero-order valence-electron chi connectivity index (χ0n) is 12.7. The molecule has 1 aliphatic rings. The summed E-state index contributed by atoms with van der Waals surface area (Å²) in [5.74, 6) is -0.126. The van der Waals surface area contributed by atoms with Crippen LogP contribution in [0.15, 0.2) is 64.9 Å². The van der Waals surface area contributed by atoms with Crippen molar-refractivity contribution in [1.82, 2.24) is 0 Å². The van der Waals surface area contributed by atoms with Gasteiger partial charge in [0.25, 0.3) is 0 Å². The Morgan fingerprint density at radius 3 is 2.46 bits per heavy atom. The largest absolute Gasteiger partial charge is 0.511 e. The van der Waals surface area contributed by atoms with Crippen molar-refractivity contribution in [3.63, 3.8) is 0 Å². The number of hydrogen-bond acceptors (Lipinski definition) is 3. The van der Waals surface area contributed by atoms with Crippen LogP contribution in [-0.4, -0.2) is 17.1 Å². The average Bonchev–Trinajstić information content (AvgIpc) is 2.55. The van der Waals surface area contributed by atoms with Gasteiger partial charge in [0, 0.05) is 29.1 Å². The number of nitrogens with zero attached hydrogens (tertiary/aromatic N) is 1. The Morgan fingerprint density at radius 1 is 1.04 bits per heavy atom. The summed E-state index contributed by atoms with van der Waals surface area (Å²) in [6.07, 6.45) is 2.15. The van der Waals surface area contributed by atoms with Crippen molar-refractivity contribution in [1.29, 1.82) is 0 Å². The molecule has 24 heavy (non-hydrogen) atoms. The Labute approximate surface area is 150 Å². The van der Waals surface area contributed by atoms with E-state index in [0.29, 0.717) is 28.6 Å². The van der Waals surface area contributed by atoms with Gasteiger partial charge in [0.15, 0.2) is 5.78 Å². The third-order valence-electron chi connectivity index (χ3n) is 3.97. The quantitative estimate of drug-likeness (QED) is 0.719. The first-order chi connectivity index (χ1) is 11.5. The predicted octanol–water partition coefficient (Wildman–Crippen LogP) is 5.65. The summed E-state index contributed by atoms with van der Waals surface area (Å²) >= 11 is 11.8. The van der Waals surface area contributed by atoms with E-state index in [2.05, 4.69) is 4.99 Å². The summed E-state index contributed by atoms with van der Waals surface area (Å²) in [6.45, 7) is 0. The number of carbonyl (C=O) groups is 1. The molecule has 0 radical (unpaired) electrons. The Balaban J connectivity index is 1.81. The van der Waals surface area contributed by atoms with Gasteiger partial charge >= 0.3 is 0 Å². The number of Topliss-reactive ketones (excluding diaryl/α,β-unsaturated/α-hetero) is 1. The lowest BCUT2D eigenvalue weighted by Gasteiger charge is -2.22. The second-order valence-electron chi connectivity index (χ2n) is 5.68. The fourth-order valence-electron chi connectivity index (χ4n) is 2.72. The standard InChI is InChI=1S/C19H15Cl2NO2/c20-14-4-6-16(7-5-14)22-11-17-18(23)9-13(10-19(17)24)12-2-1-3-15(21)8-12/h1-8,11,13,23H,9-10H2. The molecule has 0 aromatic heterocycles. The summed E-state index contributed by atoms with van der Waals surface area (Å²) in [6, 6.07) is 14.3. The van der Waals surface area contributed by atoms with Gasteiger partial charge in [-0.25, -0.2) is 0 Å². The van der Waals surface area contributed by atoms with Crippen LogP contribution in [0.25, 0.3) is 0 Å². The average molecular weight is 360 g/mol. The van der Waals surface area contributed by atoms with E-state index in [4.69, 9.17) is 23.2 Å². The van der Waals surface area contributed by atoms with Crippen molar-refractivity contribution in [2.45, 2.75) is 18.8 Å². The van der Waals surface area contributed by atoms with Crippen LogP contribution in [0.4, 0.5) is 5.69 Å². The molecular formula is C19H15Cl2NO2. The van der Waals surface area contributed by atoms with Crippen LogP contribution in [0.2, 0.25) is 10.0 Å². The zero-order chi connectivity index (χ0) is 17.1. The molecule has 0 aliphatic heterocycles. The van der Waals surface area contributed by atoms with Crippen LogP contribution in [-0.2, 0) is 4.79 Å². The summed E-state index contributed by atoms with van der Waals surface area (Å²) in [7, 11) is 0. The summed E-state index contributed by atoms with van der Waals surface area (Å²) in [5.41, 5.74) is 1.89. The molecule has 3 rings (SSSR count). The van der Waals surface area contributed by atoms with Gasteiger partial charge in [-0.05, 0) is 47.9 Å².